The monoisotopic (exact) mass is 268 g/mol. The van der Waals surface area contributed by atoms with Crippen LogP contribution in [-0.4, -0.2) is 11.1 Å². The van der Waals surface area contributed by atoms with Gasteiger partial charge in [0.05, 0.1) is 5.92 Å². The van der Waals surface area contributed by atoms with Crippen LogP contribution in [0.2, 0.25) is 0 Å². The van der Waals surface area contributed by atoms with E-state index in [1.807, 2.05) is 12.1 Å². The molecule has 1 aliphatic rings. The average Bonchev–Trinajstić information content (AvgIpc) is 2.68. The molecule has 0 aromatic heterocycles. The summed E-state index contributed by atoms with van der Waals surface area (Å²) in [6.07, 6.45) is 2.60. The molecule has 1 fully saturated rings. The van der Waals surface area contributed by atoms with Gasteiger partial charge in [-0.05, 0) is 42.9 Å². The quantitative estimate of drug-likeness (QED) is 0.893. The smallest absolute Gasteiger partial charge is 0.306 e. The first-order valence-corrected chi connectivity index (χ1v) is 5.94. The molecule has 1 aliphatic carbocycles. The van der Waals surface area contributed by atoms with Crippen LogP contribution in [0, 0.1) is 5.92 Å². The first-order valence-electron chi connectivity index (χ1n) is 5.15. The van der Waals surface area contributed by atoms with E-state index in [0.29, 0.717) is 5.92 Å². The lowest BCUT2D eigenvalue weighted by Gasteiger charge is -2.09. The van der Waals surface area contributed by atoms with Crippen molar-refractivity contribution in [3.8, 4) is 0 Å². The van der Waals surface area contributed by atoms with Gasteiger partial charge in [0.15, 0.2) is 0 Å². The number of hydrogen-bond acceptors (Lipinski definition) is 1. The van der Waals surface area contributed by atoms with Crippen molar-refractivity contribution in [2.75, 3.05) is 0 Å². The molecular formula is C12H13BrO2. The first kappa shape index (κ1) is 10.7. The van der Waals surface area contributed by atoms with Crippen molar-refractivity contribution in [2.24, 2.45) is 5.92 Å². The second-order valence-electron chi connectivity index (χ2n) is 4.10. The van der Waals surface area contributed by atoms with Gasteiger partial charge in [-0.15, -0.1) is 0 Å². The van der Waals surface area contributed by atoms with Crippen LogP contribution in [0.3, 0.4) is 0 Å². The molecule has 0 saturated heterocycles. The molecule has 80 valence electrons. The number of carbonyl (C=O) groups is 1. The second kappa shape index (κ2) is 4.35. The van der Waals surface area contributed by atoms with Gasteiger partial charge in [-0.2, -0.15) is 0 Å². The number of carboxylic acid groups (broad SMARTS) is 1. The van der Waals surface area contributed by atoms with Crippen LogP contribution in [0.25, 0.3) is 0 Å². The Bertz CT molecular complexity index is 358. The predicted molar refractivity (Wildman–Crippen MR) is 61.9 cm³/mol. The van der Waals surface area contributed by atoms with Crippen LogP contribution in [0.1, 0.15) is 30.7 Å². The van der Waals surface area contributed by atoms with Crippen LogP contribution in [-0.2, 0) is 4.79 Å². The number of benzene rings is 1. The molecule has 15 heavy (non-hydrogen) atoms. The highest BCUT2D eigenvalue weighted by Crippen LogP contribution is 2.38. The zero-order chi connectivity index (χ0) is 10.8. The van der Waals surface area contributed by atoms with Crippen LogP contribution in [0.5, 0.6) is 0 Å². The van der Waals surface area contributed by atoms with Crippen LogP contribution in [0.15, 0.2) is 28.7 Å². The summed E-state index contributed by atoms with van der Waals surface area (Å²) in [5.41, 5.74) is 1.27. The van der Waals surface area contributed by atoms with E-state index in [-0.39, 0.29) is 5.92 Å². The van der Waals surface area contributed by atoms with E-state index in [9.17, 15) is 4.79 Å². The summed E-state index contributed by atoms with van der Waals surface area (Å²) in [4.78, 5) is 10.8. The van der Waals surface area contributed by atoms with Gasteiger partial charge >= 0.3 is 5.97 Å². The number of halogens is 1. The van der Waals surface area contributed by atoms with Crippen molar-refractivity contribution >= 4 is 21.9 Å². The van der Waals surface area contributed by atoms with E-state index in [1.165, 1.54) is 5.56 Å². The fourth-order valence-corrected chi connectivity index (χ4v) is 2.51. The molecule has 2 atom stereocenters. The fraction of sp³-hybridized carbons (Fsp3) is 0.417. The van der Waals surface area contributed by atoms with Gasteiger partial charge < -0.3 is 5.11 Å². The Morgan fingerprint density at radius 2 is 1.93 bits per heavy atom. The molecule has 3 heteroatoms. The topological polar surface area (TPSA) is 37.3 Å². The summed E-state index contributed by atoms with van der Waals surface area (Å²) in [6.45, 7) is 0. The minimum Gasteiger partial charge on any atom is -0.481 e. The van der Waals surface area contributed by atoms with E-state index >= 15 is 0 Å². The third kappa shape index (κ3) is 2.40. The van der Waals surface area contributed by atoms with Crippen LogP contribution < -0.4 is 0 Å². The number of aliphatic carboxylic acids is 1. The third-order valence-corrected chi connectivity index (χ3v) is 3.65. The third-order valence-electron chi connectivity index (χ3n) is 3.12. The Labute approximate surface area is 97.4 Å². The number of carboxylic acids is 1. The lowest BCUT2D eigenvalue weighted by atomic mass is 9.96. The van der Waals surface area contributed by atoms with Gasteiger partial charge in [-0.3, -0.25) is 4.79 Å². The van der Waals surface area contributed by atoms with Gasteiger partial charge in [0.25, 0.3) is 0 Å². The molecule has 0 unspecified atom stereocenters. The second-order valence-corrected chi connectivity index (χ2v) is 5.01. The molecule has 0 spiro atoms. The lowest BCUT2D eigenvalue weighted by molar-refractivity contribution is -0.141. The summed E-state index contributed by atoms with van der Waals surface area (Å²) in [7, 11) is 0. The van der Waals surface area contributed by atoms with E-state index in [4.69, 9.17) is 5.11 Å². The van der Waals surface area contributed by atoms with Crippen molar-refractivity contribution in [1.82, 2.24) is 0 Å². The van der Waals surface area contributed by atoms with Gasteiger partial charge in [0.2, 0.25) is 0 Å². The SMILES string of the molecule is O=C(O)[C@H]1CC[C@@H](c2ccc(Br)cc2)C1. The molecule has 1 aromatic carbocycles. The summed E-state index contributed by atoms with van der Waals surface area (Å²) in [5, 5.41) is 8.91. The predicted octanol–water partition coefficient (Wildman–Crippen LogP) is 3.42. The first-order chi connectivity index (χ1) is 7.16. The molecule has 1 saturated carbocycles. The molecule has 0 amide bonds. The Kier molecular flexibility index (Phi) is 3.10. The molecule has 0 radical (unpaired) electrons. The standard InChI is InChI=1S/C12H13BrO2/c13-11-5-3-8(4-6-11)9-1-2-10(7-9)12(14)15/h3-6,9-10H,1-2,7H2,(H,14,15)/t9-,10+/m1/s1. The highest BCUT2D eigenvalue weighted by Gasteiger charge is 2.30. The maximum Gasteiger partial charge on any atom is 0.306 e. The zero-order valence-corrected chi connectivity index (χ0v) is 9.90. The van der Waals surface area contributed by atoms with Crippen molar-refractivity contribution in [3.05, 3.63) is 34.3 Å². The summed E-state index contributed by atoms with van der Waals surface area (Å²) in [6, 6.07) is 8.20. The largest absolute Gasteiger partial charge is 0.481 e. The molecule has 1 aromatic rings. The van der Waals surface area contributed by atoms with Crippen molar-refractivity contribution in [3.63, 3.8) is 0 Å². The summed E-state index contributed by atoms with van der Waals surface area (Å²) < 4.78 is 1.07. The molecule has 1 N–H and O–H groups in total. The zero-order valence-electron chi connectivity index (χ0n) is 8.32. The Morgan fingerprint density at radius 1 is 1.27 bits per heavy atom. The van der Waals surface area contributed by atoms with E-state index in [2.05, 4.69) is 28.1 Å². The summed E-state index contributed by atoms with van der Waals surface area (Å²) in [5.74, 6) is -0.354. The van der Waals surface area contributed by atoms with Gasteiger partial charge in [-0.25, -0.2) is 0 Å². The Hall–Kier alpha value is -0.830. The van der Waals surface area contributed by atoms with Gasteiger partial charge in [0.1, 0.15) is 0 Å². The molecule has 0 heterocycles. The minimum atomic E-state index is -0.644. The van der Waals surface area contributed by atoms with E-state index < -0.39 is 5.97 Å². The van der Waals surface area contributed by atoms with E-state index in [0.717, 1.165) is 23.7 Å². The molecule has 0 aliphatic heterocycles. The van der Waals surface area contributed by atoms with Crippen molar-refractivity contribution in [2.45, 2.75) is 25.2 Å². The highest BCUT2D eigenvalue weighted by molar-refractivity contribution is 9.10. The fourth-order valence-electron chi connectivity index (χ4n) is 2.24. The normalized spacial score (nSPS) is 25.4. The van der Waals surface area contributed by atoms with Crippen molar-refractivity contribution in [1.29, 1.82) is 0 Å². The molecule has 2 nitrogen and oxygen atoms in total. The lowest BCUT2D eigenvalue weighted by Crippen LogP contribution is -2.09. The van der Waals surface area contributed by atoms with E-state index in [1.54, 1.807) is 0 Å². The Morgan fingerprint density at radius 3 is 2.47 bits per heavy atom. The number of rotatable bonds is 2. The number of hydrogen-bond donors (Lipinski definition) is 1. The van der Waals surface area contributed by atoms with Crippen LogP contribution >= 0.6 is 15.9 Å². The molecule has 0 bridgehead atoms. The maximum atomic E-state index is 10.8. The molecule has 2 rings (SSSR count). The van der Waals surface area contributed by atoms with Gasteiger partial charge in [0, 0.05) is 4.47 Å². The highest BCUT2D eigenvalue weighted by atomic mass is 79.9. The van der Waals surface area contributed by atoms with Crippen LogP contribution in [0.4, 0.5) is 0 Å². The average molecular weight is 269 g/mol. The molecular weight excluding hydrogens is 256 g/mol. The Balaban J connectivity index is 2.07. The maximum absolute atomic E-state index is 10.8. The minimum absolute atomic E-state index is 0.140. The van der Waals surface area contributed by atoms with Crippen molar-refractivity contribution < 1.29 is 9.90 Å². The van der Waals surface area contributed by atoms with Gasteiger partial charge in [-0.1, -0.05) is 28.1 Å². The summed E-state index contributed by atoms with van der Waals surface area (Å²) >= 11 is 3.39.